The second-order valence-corrected chi connectivity index (χ2v) is 9.18. The van der Waals surface area contributed by atoms with Gasteiger partial charge in [0.05, 0.1) is 4.90 Å². The van der Waals surface area contributed by atoms with Gasteiger partial charge in [-0.1, -0.05) is 18.2 Å². The Bertz CT molecular complexity index is 938. The molecule has 0 spiro atoms. The van der Waals surface area contributed by atoms with Crippen LogP contribution in [0.4, 0.5) is 10.5 Å². The van der Waals surface area contributed by atoms with Gasteiger partial charge in [0.2, 0.25) is 10.0 Å². The van der Waals surface area contributed by atoms with Crippen LogP contribution < -0.4 is 15.4 Å². The van der Waals surface area contributed by atoms with E-state index in [1.165, 1.54) is 12.0 Å². The van der Waals surface area contributed by atoms with Gasteiger partial charge in [-0.3, -0.25) is 0 Å². The Balaban J connectivity index is 1.61. The van der Waals surface area contributed by atoms with E-state index in [9.17, 15) is 13.2 Å². The highest BCUT2D eigenvalue weighted by molar-refractivity contribution is 7.89. The number of rotatable bonds is 6. The number of hydrogen-bond acceptors (Lipinski definition) is 3. The van der Waals surface area contributed by atoms with E-state index in [1.54, 1.807) is 36.4 Å². The first-order chi connectivity index (χ1) is 13.3. The highest BCUT2D eigenvalue weighted by Gasteiger charge is 2.17. The Kier molecular flexibility index (Phi) is 6.36. The average molecular weight is 402 g/mol. The molecule has 0 fully saturated rings. The van der Waals surface area contributed by atoms with Crippen molar-refractivity contribution in [3.05, 3.63) is 59.2 Å². The molecule has 28 heavy (non-hydrogen) atoms. The van der Waals surface area contributed by atoms with E-state index in [0.29, 0.717) is 10.6 Å². The second kappa shape index (κ2) is 8.75. The number of hydrogen-bond donors (Lipinski definition) is 3. The fourth-order valence-electron chi connectivity index (χ4n) is 3.27. The van der Waals surface area contributed by atoms with Gasteiger partial charge in [-0.2, -0.15) is 0 Å². The smallest absolute Gasteiger partial charge is 0.319 e. The number of amides is 2. The average Bonchev–Trinajstić information content (AvgIpc) is 2.66. The summed E-state index contributed by atoms with van der Waals surface area (Å²) in [6.45, 7) is 3.96. The first kappa shape index (κ1) is 20.4. The summed E-state index contributed by atoms with van der Waals surface area (Å²) in [6, 6.07) is 12.3. The number of fused-ring (bicyclic) bond motifs is 1. The fourth-order valence-corrected chi connectivity index (χ4v) is 4.34. The van der Waals surface area contributed by atoms with Crippen molar-refractivity contribution in [1.82, 2.24) is 10.0 Å². The number of nitrogens with one attached hydrogen (secondary N) is 3. The highest BCUT2D eigenvalue weighted by atomic mass is 32.2. The van der Waals surface area contributed by atoms with Crippen LogP contribution in [-0.2, 0) is 29.4 Å². The topological polar surface area (TPSA) is 87.3 Å². The summed E-state index contributed by atoms with van der Waals surface area (Å²) in [5, 5.41) is 5.49. The third-order valence-electron chi connectivity index (χ3n) is 4.73. The summed E-state index contributed by atoms with van der Waals surface area (Å²) < 4.78 is 27.9. The molecule has 150 valence electrons. The molecule has 0 saturated heterocycles. The quantitative estimate of drug-likeness (QED) is 0.691. The number of anilines is 1. The molecule has 3 N–H and O–H groups in total. The standard InChI is InChI=1S/C21H27N3O3S/c1-15(2)23-21(25)24-19-10-7-16(8-11-19)14-22-28(26,27)20-12-9-17-5-3-4-6-18(17)13-20/h7-13,15,22H,3-6,14H2,1-2H3,(H2,23,24,25). The van der Waals surface area contributed by atoms with Crippen molar-refractivity contribution in [2.45, 2.75) is 57.0 Å². The van der Waals surface area contributed by atoms with Gasteiger partial charge in [-0.15, -0.1) is 0 Å². The molecule has 2 aromatic carbocycles. The Labute approximate surface area is 166 Å². The molecule has 0 heterocycles. The van der Waals surface area contributed by atoms with Crippen molar-refractivity contribution in [2.75, 3.05) is 5.32 Å². The Hall–Kier alpha value is -2.38. The Morgan fingerprint density at radius 3 is 2.36 bits per heavy atom. The van der Waals surface area contributed by atoms with Gasteiger partial charge in [0.25, 0.3) is 0 Å². The van der Waals surface area contributed by atoms with Crippen molar-refractivity contribution >= 4 is 21.7 Å². The van der Waals surface area contributed by atoms with Crippen molar-refractivity contribution in [3.63, 3.8) is 0 Å². The van der Waals surface area contributed by atoms with Gasteiger partial charge in [-0.25, -0.2) is 17.9 Å². The largest absolute Gasteiger partial charge is 0.336 e. The molecule has 0 aliphatic heterocycles. The van der Waals surface area contributed by atoms with Crippen LogP contribution in [0.1, 0.15) is 43.4 Å². The molecule has 0 atom stereocenters. The zero-order chi connectivity index (χ0) is 20.1. The molecule has 6 nitrogen and oxygen atoms in total. The van der Waals surface area contributed by atoms with E-state index in [2.05, 4.69) is 15.4 Å². The van der Waals surface area contributed by atoms with Gasteiger partial charge in [0, 0.05) is 18.3 Å². The van der Waals surface area contributed by atoms with Gasteiger partial charge in [0.15, 0.2) is 0 Å². The predicted octanol–water partition coefficient (Wildman–Crippen LogP) is 3.57. The van der Waals surface area contributed by atoms with Gasteiger partial charge in [-0.05, 0) is 80.5 Å². The van der Waals surface area contributed by atoms with E-state index >= 15 is 0 Å². The molecular formula is C21H27N3O3S. The van der Waals surface area contributed by atoms with E-state index in [0.717, 1.165) is 30.4 Å². The van der Waals surface area contributed by atoms with Crippen molar-refractivity contribution in [3.8, 4) is 0 Å². The minimum atomic E-state index is -3.56. The number of sulfonamides is 1. The molecule has 0 unspecified atom stereocenters. The lowest BCUT2D eigenvalue weighted by Gasteiger charge is -2.17. The molecule has 3 rings (SSSR count). The summed E-state index contributed by atoms with van der Waals surface area (Å²) in [6.07, 6.45) is 4.25. The van der Waals surface area contributed by atoms with E-state index < -0.39 is 10.0 Å². The van der Waals surface area contributed by atoms with Gasteiger partial charge in [0.1, 0.15) is 0 Å². The molecule has 0 bridgehead atoms. The van der Waals surface area contributed by atoms with Crippen LogP contribution in [-0.4, -0.2) is 20.5 Å². The summed E-state index contributed by atoms with van der Waals surface area (Å²) in [7, 11) is -3.56. The molecule has 2 aromatic rings. The molecule has 0 saturated carbocycles. The van der Waals surface area contributed by atoms with Crippen LogP contribution in [0.2, 0.25) is 0 Å². The number of aryl methyl sites for hydroxylation is 2. The van der Waals surface area contributed by atoms with Crippen LogP contribution in [0.3, 0.4) is 0 Å². The maximum Gasteiger partial charge on any atom is 0.319 e. The molecule has 0 aromatic heterocycles. The molecule has 0 radical (unpaired) electrons. The maximum atomic E-state index is 12.6. The van der Waals surface area contributed by atoms with Crippen molar-refractivity contribution in [1.29, 1.82) is 0 Å². The SMILES string of the molecule is CC(C)NC(=O)Nc1ccc(CNS(=O)(=O)c2ccc3c(c2)CCCC3)cc1. The summed E-state index contributed by atoms with van der Waals surface area (Å²) in [4.78, 5) is 12.0. The highest BCUT2D eigenvalue weighted by Crippen LogP contribution is 2.24. The number of urea groups is 1. The van der Waals surface area contributed by atoms with Gasteiger partial charge < -0.3 is 10.6 Å². The van der Waals surface area contributed by atoms with Crippen LogP contribution in [0.5, 0.6) is 0 Å². The first-order valence-corrected chi connectivity index (χ1v) is 11.1. The van der Waals surface area contributed by atoms with Crippen molar-refractivity contribution in [2.24, 2.45) is 0 Å². The molecule has 2 amide bonds. The summed E-state index contributed by atoms with van der Waals surface area (Å²) >= 11 is 0. The minimum absolute atomic E-state index is 0.0530. The fraction of sp³-hybridized carbons (Fsp3) is 0.381. The summed E-state index contributed by atoms with van der Waals surface area (Å²) in [5.41, 5.74) is 3.87. The Morgan fingerprint density at radius 1 is 1.00 bits per heavy atom. The lowest BCUT2D eigenvalue weighted by atomic mass is 9.92. The second-order valence-electron chi connectivity index (χ2n) is 7.41. The molecule has 7 heteroatoms. The zero-order valence-electron chi connectivity index (χ0n) is 16.3. The monoisotopic (exact) mass is 401 g/mol. The number of carbonyl (C=O) groups excluding carboxylic acids is 1. The van der Waals surface area contributed by atoms with Crippen LogP contribution in [0, 0.1) is 0 Å². The van der Waals surface area contributed by atoms with Crippen molar-refractivity contribution < 1.29 is 13.2 Å². The maximum absolute atomic E-state index is 12.6. The number of carbonyl (C=O) groups is 1. The number of benzene rings is 2. The van der Waals surface area contributed by atoms with Gasteiger partial charge >= 0.3 is 6.03 Å². The third kappa shape index (κ3) is 5.33. The van der Waals surface area contributed by atoms with Crippen LogP contribution >= 0.6 is 0 Å². The molecule has 1 aliphatic carbocycles. The lowest BCUT2D eigenvalue weighted by Crippen LogP contribution is -2.34. The third-order valence-corrected chi connectivity index (χ3v) is 6.13. The molecular weight excluding hydrogens is 374 g/mol. The lowest BCUT2D eigenvalue weighted by molar-refractivity contribution is 0.250. The first-order valence-electron chi connectivity index (χ1n) is 9.61. The summed E-state index contributed by atoms with van der Waals surface area (Å²) in [5.74, 6) is 0. The predicted molar refractivity (Wildman–Crippen MR) is 111 cm³/mol. The molecule has 1 aliphatic rings. The van der Waals surface area contributed by atoms with Crippen LogP contribution in [0.25, 0.3) is 0 Å². The van der Waals surface area contributed by atoms with E-state index in [1.807, 2.05) is 19.9 Å². The normalized spacial score (nSPS) is 13.8. The minimum Gasteiger partial charge on any atom is -0.336 e. The van der Waals surface area contributed by atoms with E-state index in [-0.39, 0.29) is 18.6 Å². The van der Waals surface area contributed by atoms with Crippen LogP contribution in [0.15, 0.2) is 47.4 Å². The van der Waals surface area contributed by atoms with E-state index in [4.69, 9.17) is 0 Å². The zero-order valence-corrected chi connectivity index (χ0v) is 17.1. The Morgan fingerprint density at radius 2 is 1.68 bits per heavy atom.